The van der Waals surface area contributed by atoms with Gasteiger partial charge in [0.15, 0.2) is 0 Å². The van der Waals surface area contributed by atoms with Gasteiger partial charge in [-0.05, 0) is 18.1 Å². The third kappa shape index (κ3) is 3.23. The number of aromatic nitrogens is 1. The average molecular weight is 276 g/mol. The lowest BCUT2D eigenvalue weighted by Gasteiger charge is -2.10. The number of hydrogen-bond donors (Lipinski definition) is 2. The van der Waals surface area contributed by atoms with E-state index < -0.39 is 5.91 Å². The SMILES string of the molecule is N=c1c(C(N)=O)cc(Cl)cn1CCc1ccccc1. The van der Waals surface area contributed by atoms with Crippen LogP contribution in [-0.2, 0) is 13.0 Å². The van der Waals surface area contributed by atoms with Gasteiger partial charge in [0.05, 0.1) is 10.6 Å². The first-order chi connectivity index (χ1) is 9.08. The number of carbonyl (C=O) groups excluding carboxylic acids is 1. The van der Waals surface area contributed by atoms with Crippen molar-refractivity contribution in [3.8, 4) is 0 Å². The molecule has 3 N–H and O–H groups in total. The maximum Gasteiger partial charge on any atom is 0.252 e. The molecule has 2 aromatic rings. The Labute approximate surface area is 116 Å². The van der Waals surface area contributed by atoms with Crippen LogP contribution in [-0.4, -0.2) is 10.5 Å². The van der Waals surface area contributed by atoms with Crippen molar-refractivity contribution >= 4 is 17.5 Å². The van der Waals surface area contributed by atoms with Gasteiger partial charge in [0.25, 0.3) is 5.91 Å². The van der Waals surface area contributed by atoms with Crippen LogP contribution in [0.1, 0.15) is 15.9 Å². The van der Waals surface area contributed by atoms with Gasteiger partial charge in [0.2, 0.25) is 0 Å². The predicted octanol–water partition coefficient (Wildman–Crippen LogP) is 1.96. The van der Waals surface area contributed by atoms with Gasteiger partial charge in [-0.25, -0.2) is 0 Å². The topological polar surface area (TPSA) is 71.9 Å². The molecule has 5 heteroatoms. The number of hydrogen-bond acceptors (Lipinski definition) is 2. The normalized spacial score (nSPS) is 10.4. The first-order valence-electron chi connectivity index (χ1n) is 5.86. The van der Waals surface area contributed by atoms with Crippen LogP contribution in [0.3, 0.4) is 0 Å². The lowest BCUT2D eigenvalue weighted by molar-refractivity contribution is 0.0997. The van der Waals surface area contributed by atoms with Gasteiger partial charge in [-0.3, -0.25) is 10.2 Å². The zero-order valence-electron chi connectivity index (χ0n) is 10.3. The summed E-state index contributed by atoms with van der Waals surface area (Å²) in [6.45, 7) is 0.573. The van der Waals surface area contributed by atoms with Crippen molar-refractivity contribution in [2.24, 2.45) is 5.73 Å². The minimum atomic E-state index is -0.638. The highest BCUT2D eigenvalue weighted by Crippen LogP contribution is 2.08. The molecule has 0 fully saturated rings. The minimum absolute atomic E-state index is 0.0906. The molecule has 98 valence electrons. The van der Waals surface area contributed by atoms with Crippen molar-refractivity contribution in [1.82, 2.24) is 4.57 Å². The fourth-order valence-corrected chi connectivity index (χ4v) is 2.10. The Balaban J connectivity index is 2.26. The van der Waals surface area contributed by atoms with E-state index >= 15 is 0 Å². The van der Waals surface area contributed by atoms with Crippen LogP contribution in [0, 0.1) is 5.41 Å². The van der Waals surface area contributed by atoms with Crippen LogP contribution >= 0.6 is 11.6 Å². The van der Waals surface area contributed by atoms with Crippen molar-refractivity contribution in [2.75, 3.05) is 0 Å². The Kier molecular flexibility index (Phi) is 4.02. The Morgan fingerprint density at radius 3 is 2.63 bits per heavy atom. The van der Waals surface area contributed by atoms with Crippen LogP contribution in [0.5, 0.6) is 0 Å². The number of carbonyl (C=O) groups is 1. The van der Waals surface area contributed by atoms with Gasteiger partial charge >= 0.3 is 0 Å². The van der Waals surface area contributed by atoms with Crippen molar-refractivity contribution < 1.29 is 4.79 Å². The van der Waals surface area contributed by atoms with E-state index in [0.29, 0.717) is 11.6 Å². The second-order valence-corrected chi connectivity index (χ2v) is 4.65. The van der Waals surface area contributed by atoms with Gasteiger partial charge in [0, 0.05) is 12.7 Å². The molecule has 1 aromatic heterocycles. The third-order valence-corrected chi connectivity index (χ3v) is 3.06. The summed E-state index contributed by atoms with van der Waals surface area (Å²) in [7, 11) is 0. The van der Waals surface area contributed by atoms with E-state index in [1.807, 2.05) is 30.3 Å². The van der Waals surface area contributed by atoms with Crippen molar-refractivity contribution in [3.05, 3.63) is 64.2 Å². The number of primary amides is 1. The molecule has 0 radical (unpaired) electrons. The van der Waals surface area contributed by atoms with Crippen LogP contribution in [0.4, 0.5) is 0 Å². The lowest BCUT2D eigenvalue weighted by Crippen LogP contribution is -2.30. The lowest BCUT2D eigenvalue weighted by atomic mass is 10.1. The number of nitrogens with two attached hydrogens (primary N) is 1. The summed E-state index contributed by atoms with van der Waals surface area (Å²) in [5.41, 5.74) is 6.62. The number of halogens is 1. The first-order valence-corrected chi connectivity index (χ1v) is 6.24. The number of rotatable bonds is 4. The minimum Gasteiger partial charge on any atom is -0.365 e. The number of amides is 1. The molecule has 0 unspecified atom stereocenters. The Hall–Kier alpha value is -2.07. The monoisotopic (exact) mass is 275 g/mol. The van der Waals surface area contributed by atoms with E-state index in [4.69, 9.17) is 22.7 Å². The maximum atomic E-state index is 11.2. The zero-order valence-corrected chi connectivity index (χ0v) is 11.0. The van der Waals surface area contributed by atoms with Crippen LogP contribution < -0.4 is 11.2 Å². The molecule has 1 heterocycles. The Morgan fingerprint density at radius 2 is 2.00 bits per heavy atom. The van der Waals surface area contributed by atoms with E-state index in [2.05, 4.69) is 0 Å². The van der Waals surface area contributed by atoms with Crippen molar-refractivity contribution in [1.29, 1.82) is 5.41 Å². The van der Waals surface area contributed by atoms with Gasteiger partial charge in [-0.2, -0.15) is 0 Å². The molecule has 0 saturated heterocycles. The molecule has 0 aliphatic rings. The van der Waals surface area contributed by atoms with Crippen molar-refractivity contribution in [3.63, 3.8) is 0 Å². The summed E-state index contributed by atoms with van der Waals surface area (Å²) in [5, 5.41) is 8.34. The largest absolute Gasteiger partial charge is 0.365 e. The number of benzene rings is 1. The Bertz CT molecular complexity index is 649. The smallest absolute Gasteiger partial charge is 0.252 e. The summed E-state index contributed by atoms with van der Waals surface area (Å²) in [6, 6.07) is 11.3. The second-order valence-electron chi connectivity index (χ2n) is 4.21. The summed E-state index contributed by atoms with van der Waals surface area (Å²) < 4.78 is 1.63. The maximum absolute atomic E-state index is 11.2. The summed E-state index contributed by atoms with van der Waals surface area (Å²) >= 11 is 5.94. The molecule has 19 heavy (non-hydrogen) atoms. The molecule has 1 amide bonds. The highest BCUT2D eigenvalue weighted by atomic mass is 35.5. The molecule has 0 spiro atoms. The number of nitrogens with zero attached hydrogens (tertiary/aromatic N) is 1. The Morgan fingerprint density at radius 1 is 1.32 bits per heavy atom. The molecule has 0 aliphatic heterocycles. The van der Waals surface area contributed by atoms with E-state index in [9.17, 15) is 4.79 Å². The zero-order chi connectivity index (χ0) is 13.8. The molecule has 0 aliphatic carbocycles. The standard InChI is InChI=1S/C14H14ClN3O/c15-11-8-12(14(17)19)13(16)18(9-11)7-6-10-4-2-1-3-5-10/h1-5,8-9,16H,6-7H2,(H2,17,19). The molecule has 0 saturated carbocycles. The number of pyridine rings is 1. The van der Waals surface area contributed by atoms with Gasteiger partial charge in [-0.1, -0.05) is 41.9 Å². The molecule has 4 nitrogen and oxygen atoms in total. The fourth-order valence-electron chi connectivity index (χ4n) is 1.87. The highest BCUT2D eigenvalue weighted by Gasteiger charge is 2.08. The number of aryl methyl sites for hydroxylation is 2. The van der Waals surface area contributed by atoms with E-state index in [-0.39, 0.29) is 11.1 Å². The quantitative estimate of drug-likeness (QED) is 0.880. The average Bonchev–Trinajstić information content (AvgIpc) is 2.40. The molecule has 1 aromatic carbocycles. The highest BCUT2D eigenvalue weighted by molar-refractivity contribution is 6.30. The molecular formula is C14H14ClN3O. The summed E-state index contributed by atoms with van der Waals surface area (Å²) in [6.07, 6.45) is 2.40. The molecular weight excluding hydrogens is 262 g/mol. The predicted molar refractivity (Wildman–Crippen MR) is 74.0 cm³/mol. The summed E-state index contributed by atoms with van der Waals surface area (Å²) in [5.74, 6) is -0.638. The van der Waals surface area contributed by atoms with E-state index in [1.54, 1.807) is 10.8 Å². The van der Waals surface area contributed by atoms with Crippen LogP contribution in [0.2, 0.25) is 5.02 Å². The van der Waals surface area contributed by atoms with Gasteiger partial charge in [-0.15, -0.1) is 0 Å². The van der Waals surface area contributed by atoms with Gasteiger partial charge in [0.1, 0.15) is 5.49 Å². The number of nitrogens with one attached hydrogen (secondary N) is 1. The third-order valence-electron chi connectivity index (χ3n) is 2.85. The first kappa shape index (κ1) is 13.4. The van der Waals surface area contributed by atoms with Crippen molar-refractivity contribution in [2.45, 2.75) is 13.0 Å². The molecule has 0 atom stereocenters. The van der Waals surface area contributed by atoms with E-state index in [1.165, 1.54) is 6.07 Å². The second kappa shape index (κ2) is 5.71. The van der Waals surface area contributed by atoms with Crippen LogP contribution in [0.15, 0.2) is 42.6 Å². The molecule has 2 rings (SSSR count). The van der Waals surface area contributed by atoms with Gasteiger partial charge < -0.3 is 10.3 Å². The van der Waals surface area contributed by atoms with E-state index in [0.717, 1.165) is 12.0 Å². The van der Waals surface area contributed by atoms with Crippen LogP contribution in [0.25, 0.3) is 0 Å². The summed E-state index contributed by atoms with van der Waals surface area (Å²) in [4.78, 5) is 11.2. The fraction of sp³-hybridized carbons (Fsp3) is 0.143. The molecule has 0 bridgehead atoms.